The van der Waals surface area contributed by atoms with E-state index >= 15 is 0 Å². The lowest BCUT2D eigenvalue weighted by Gasteiger charge is -2.33. The van der Waals surface area contributed by atoms with Gasteiger partial charge >= 0.3 is 0 Å². The first-order chi connectivity index (χ1) is 12.4. The third kappa shape index (κ3) is 2.20. The smallest absolute Gasteiger partial charge is 0.181 e. The molecule has 0 saturated heterocycles. The summed E-state index contributed by atoms with van der Waals surface area (Å²) in [6.45, 7) is 0. The topological polar surface area (TPSA) is 54.7 Å². The summed E-state index contributed by atoms with van der Waals surface area (Å²) in [6, 6.07) is 15.0. The average Bonchev–Trinajstić information content (AvgIpc) is 3.42. The van der Waals surface area contributed by atoms with E-state index in [1.165, 1.54) is 16.8 Å². The summed E-state index contributed by atoms with van der Waals surface area (Å²) in [5.41, 5.74) is 4.13. The van der Waals surface area contributed by atoms with Gasteiger partial charge in [0.2, 0.25) is 0 Å². The van der Waals surface area contributed by atoms with Crippen molar-refractivity contribution in [2.45, 2.75) is 11.8 Å². The molecule has 0 aliphatic heterocycles. The van der Waals surface area contributed by atoms with Crippen LogP contribution in [0.4, 0.5) is 0 Å². The zero-order valence-electron chi connectivity index (χ0n) is 13.3. The molecule has 122 valence electrons. The van der Waals surface area contributed by atoms with Gasteiger partial charge in [0.25, 0.3) is 0 Å². The fourth-order valence-corrected chi connectivity index (χ4v) is 4.49. The summed E-state index contributed by atoms with van der Waals surface area (Å²) in [5, 5.41) is 9.83. The first kappa shape index (κ1) is 14.4. The predicted octanol–water partition coefficient (Wildman–Crippen LogP) is 4.68. The summed E-state index contributed by atoms with van der Waals surface area (Å²) in [7, 11) is 0. The number of allylic oxidation sites excluding steroid dienone is 1. The summed E-state index contributed by atoms with van der Waals surface area (Å²) in [5.74, 6) is 0.686. The van der Waals surface area contributed by atoms with Crippen LogP contribution in [0.5, 0.6) is 0 Å². The maximum absolute atomic E-state index is 5.43. The van der Waals surface area contributed by atoms with E-state index in [1.54, 1.807) is 17.5 Å². The minimum Gasteiger partial charge on any atom is -0.442 e. The van der Waals surface area contributed by atoms with Crippen LogP contribution in [0.2, 0.25) is 0 Å². The van der Waals surface area contributed by atoms with Gasteiger partial charge in [-0.15, -0.1) is 11.3 Å². The third-order valence-electron chi connectivity index (χ3n) is 4.79. The van der Waals surface area contributed by atoms with Crippen LogP contribution in [0, 0.1) is 0 Å². The molecule has 1 aromatic carbocycles. The summed E-state index contributed by atoms with van der Waals surface area (Å²) in [4.78, 5) is 5.33. The number of rotatable bonds is 3. The molecule has 0 radical (unpaired) electrons. The van der Waals surface area contributed by atoms with E-state index in [0.29, 0.717) is 5.76 Å². The molecule has 1 aliphatic carbocycles. The van der Waals surface area contributed by atoms with E-state index < -0.39 is 0 Å². The van der Waals surface area contributed by atoms with Crippen LogP contribution in [-0.2, 0) is 11.8 Å². The van der Waals surface area contributed by atoms with E-state index in [9.17, 15) is 0 Å². The molecule has 25 heavy (non-hydrogen) atoms. The van der Waals surface area contributed by atoms with Crippen LogP contribution in [0.15, 0.2) is 70.9 Å². The van der Waals surface area contributed by atoms with Crippen LogP contribution in [0.25, 0.3) is 17.5 Å². The van der Waals surface area contributed by atoms with Gasteiger partial charge in [0.05, 0.1) is 11.6 Å². The van der Waals surface area contributed by atoms with Gasteiger partial charge in [0.15, 0.2) is 12.2 Å². The Kier molecular flexibility index (Phi) is 3.21. The van der Waals surface area contributed by atoms with E-state index in [2.05, 4.69) is 75.2 Å². The molecular formula is C20H15N3OS. The van der Waals surface area contributed by atoms with Crippen LogP contribution >= 0.6 is 11.3 Å². The molecule has 5 rings (SSSR count). The van der Waals surface area contributed by atoms with Crippen LogP contribution in [0.1, 0.15) is 21.7 Å². The van der Waals surface area contributed by atoms with Gasteiger partial charge < -0.3 is 4.42 Å². The van der Waals surface area contributed by atoms with Gasteiger partial charge in [-0.3, -0.25) is 5.10 Å². The molecule has 5 heteroatoms. The number of hydrogen-bond donors (Lipinski definition) is 1. The number of aromatic nitrogens is 3. The Hall–Kier alpha value is -2.92. The van der Waals surface area contributed by atoms with E-state index in [-0.39, 0.29) is 5.41 Å². The number of aromatic amines is 1. The molecule has 0 bridgehead atoms. The highest BCUT2D eigenvalue weighted by Crippen LogP contribution is 2.44. The van der Waals surface area contributed by atoms with Crippen molar-refractivity contribution in [3.8, 4) is 11.5 Å². The zero-order valence-corrected chi connectivity index (χ0v) is 14.2. The second-order valence-electron chi connectivity index (χ2n) is 6.15. The number of nitrogens with zero attached hydrogens (tertiary/aromatic N) is 2. The number of fused-ring (bicyclic) bond motifs is 1. The van der Waals surface area contributed by atoms with E-state index in [1.807, 2.05) is 0 Å². The molecule has 0 amide bonds. The van der Waals surface area contributed by atoms with Crippen molar-refractivity contribution in [1.29, 1.82) is 0 Å². The highest BCUT2D eigenvalue weighted by atomic mass is 32.1. The lowest BCUT2D eigenvalue weighted by molar-refractivity contribution is 0.569. The summed E-state index contributed by atoms with van der Waals surface area (Å²) < 4.78 is 5.43. The number of hydrogen-bond acceptors (Lipinski definition) is 4. The molecule has 4 aromatic rings. The Labute approximate surface area is 148 Å². The third-order valence-corrected chi connectivity index (χ3v) is 5.84. The van der Waals surface area contributed by atoms with Crippen molar-refractivity contribution in [3.63, 3.8) is 0 Å². The largest absolute Gasteiger partial charge is 0.442 e. The lowest BCUT2D eigenvalue weighted by atomic mass is 9.72. The summed E-state index contributed by atoms with van der Waals surface area (Å²) in [6.07, 6.45) is 8.43. The zero-order chi connectivity index (χ0) is 16.7. The Bertz CT molecular complexity index is 1020. The first-order valence-electron chi connectivity index (χ1n) is 8.12. The maximum Gasteiger partial charge on any atom is 0.181 e. The van der Waals surface area contributed by atoms with Gasteiger partial charge in [0.1, 0.15) is 5.69 Å². The molecule has 3 aromatic heterocycles. The quantitative estimate of drug-likeness (QED) is 0.586. The molecule has 0 saturated carbocycles. The number of nitrogens with one attached hydrogen (secondary N) is 1. The van der Waals surface area contributed by atoms with Crippen molar-refractivity contribution in [2.24, 2.45) is 0 Å². The van der Waals surface area contributed by atoms with Crippen molar-refractivity contribution < 1.29 is 4.42 Å². The van der Waals surface area contributed by atoms with E-state index in [4.69, 9.17) is 4.42 Å². The monoisotopic (exact) mass is 345 g/mol. The lowest BCUT2D eigenvalue weighted by Crippen LogP contribution is -2.29. The van der Waals surface area contributed by atoms with E-state index in [0.717, 1.165) is 23.4 Å². The van der Waals surface area contributed by atoms with Crippen molar-refractivity contribution >= 4 is 17.4 Å². The number of benzene rings is 1. The fraction of sp³-hybridized carbons (Fsp3) is 0.100. The highest BCUT2D eigenvalue weighted by molar-refractivity contribution is 7.10. The molecule has 0 fully saturated rings. The first-order valence-corrected chi connectivity index (χ1v) is 9.00. The Balaban J connectivity index is 1.66. The Morgan fingerprint density at radius 3 is 2.80 bits per heavy atom. The molecule has 0 spiro atoms. The standard InChI is InChI=1S/C20H15N3OS/c1-2-5-14(6-3-1)20(18-7-4-10-25-18)9-8-15-16(11-20)22-23-19(15)17-12-21-13-24-17/h1-10,12-13H,11H2,(H,22,23). The molecule has 4 nitrogen and oxygen atoms in total. The molecule has 1 unspecified atom stereocenters. The van der Waals surface area contributed by atoms with Crippen LogP contribution < -0.4 is 0 Å². The average molecular weight is 345 g/mol. The number of thiophene rings is 1. The molecule has 1 N–H and O–H groups in total. The van der Waals surface area contributed by atoms with Gasteiger partial charge in [0, 0.05) is 22.6 Å². The van der Waals surface area contributed by atoms with Gasteiger partial charge in [-0.25, -0.2) is 4.98 Å². The molecular weight excluding hydrogens is 330 g/mol. The van der Waals surface area contributed by atoms with Crippen LogP contribution in [0.3, 0.4) is 0 Å². The normalized spacial score (nSPS) is 19.0. The molecule has 1 atom stereocenters. The fourth-order valence-electron chi connectivity index (χ4n) is 3.56. The van der Waals surface area contributed by atoms with Crippen LogP contribution in [-0.4, -0.2) is 15.2 Å². The number of oxazole rings is 1. The van der Waals surface area contributed by atoms with Crippen molar-refractivity contribution in [2.75, 3.05) is 0 Å². The SMILES string of the molecule is C1=CC(c2ccccc2)(c2cccs2)Cc2[nH]nc(-c3cnco3)c21. The molecule has 3 heterocycles. The van der Waals surface area contributed by atoms with Gasteiger partial charge in [-0.2, -0.15) is 5.10 Å². The second kappa shape index (κ2) is 5.57. The maximum atomic E-state index is 5.43. The van der Waals surface area contributed by atoms with Gasteiger partial charge in [-0.1, -0.05) is 48.6 Å². The minimum atomic E-state index is -0.173. The Morgan fingerprint density at radius 1 is 1.12 bits per heavy atom. The predicted molar refractivity (Wildman–Crippen MR) is 98.4 cm³/mol. The van der Waals surface area contributed by atoms with Crippen molar-refractivity contribution in [3.05, 3.63) is 88.2 Å². The second-order valence-corrected chi connectivity index (χ2v) is 7.10. The minimum absolute atomic E-state index is 0.173. The summed E-state index contributed by atoms with van der Waals surface area (Å²) >= 11 is 1.79. The Morgan fingerprint density at radius 2 is 2.04 bits per heavy atom. The molecule has 1 aliphatic rings. The highest BCUT2D eigenvalue weighted by Gasteiger charge is 2.37. The van der Waals surface area contributed by atoms with Crippen molar-refractivity contribution in [1.82, 2.24) is 15.2 Å². The number of H-pyrrole nitrogens is 1. The van der Waals surface area contributed by atoms with Gasteiger partial charge in [-0.05, 0) is 17.0 Å².